The molecule has 0 bridgehead atoms. The Morgan fingerprint density at radius 2 is 1.67 bits per heavy atom. The second-order valence-corrected chi connectivity index (χ2v) is 17.6. The maximum Gasteiger partial charge on any atom is 0.417 e. The Bertz CT molecular complexity index is 2550. The van der Waals surface area contributed by atoms with E-state index < -0.39 is 63.6 Å². The van der Waals surface area contributed by atoms with Gasteiger partial charge in [-0.05, 0) is 78.6 Å². The summed E-state index contributed by atoms with van der Waals surface area (Å²) in [4.78, 5) is 67.2. The van der Waals surface area contributed by atoms with Gasteiger partial charge in [-0.3, -0.25) is 34.4 Å². The number of nitrogens with zero attached hydrogens (tertiary/aromatic N) is 4. The Morgan fingerprint density at radius 1 is 0.937 bits per heavy atom. The molecule has 16 heteroatoms. The minimum atomic E-state index is -4.75. The summed E-state index contributed by atoms with van der Waals surface area (Å²) in [6, 6.07) is 21.8. The van der Waals surface area contributed by atoms with E-state index in [1.807, 2.05) is 24.3 Å². The number of benzene rings is 3. The van der Waals surface area contributed by atoms with Crippen LogP contribution in [-0.4, -0.2) is 74.8 Å². The fourth-order valence-electron chi connectivity index (χ4n) is 10.6. The van der Waals surface area contributed by atoms with Gasteiger partial charge in [0.2, 0.25) is 11.8 Å². The smallest absolute Gasteiger partial charge is 0.417 e. The van der Waals surface area contributed by atoms with Gasteiger partial charge in [0.05, 0.1) is 40.9 Å². The van der Waals surface area contributed by atoms with Crippen molar-refractivity contribution >= 4 is 58.7 Å². The first-order valence-electron chi connectivity index (χ1n) is 20.7. The summed E-state index contributed by atoms with van der Waals surface area (Å²) in [5, 5.41) is 11.0. The minimum Gasteiger partial charge on any atom is -0.504 e. The molecule has 3 saturated heterocycles. The van der Waals surface area contributed by atoms with E-state index in [1.54, 1.807) is 48.6 Å². The predicted octanol–water partition coefficient (Wildman–Crippen LogP) is 8.32. The molecule has 4 fully saturated rings. The van der Waals surface area contributed by atoms with Crippen LogP contribution in [0.15, 0.2) is 103 Å². The van der Waals surface area contributed by atoms with E-state index in [4.69, 9.17) is 27.9 Å². The quantitative estimate of drug-likeness (QED) is 0.126. The fourth-order valence-corrected chi connectivity index (χ4v) is 10.9. The van der Waals surface area contributed by atoms with Gasteiger partial charge in [0.1, 0.15) is 0 Å². The van der Waals surface area contributed by atoms with Gasteiger partial charge in [0, 0.05) is 42.8 Å². The highest BCUT2D eigenvalue weighted by Gasteiger charge is 2.70. The highest BCUT2D eigenvalue weighted by molar-refractivity contribution is 6.33. The van der Waals surface area contributed by atoms with Gasteiger partial charge in [0.15, 0.2) is 17.3 Å². The van der Waals surface area contributed by atoms with Crippen LogP contribution in [0.25, 0.3) is 6.08 Å². The van der Waals surface area contributed by atoms with Crippen LogP contribution in [0.1, 0.15) is 47.9 Å². The van der Waals surface area contributed by atoms with Gasteiger partial charge < -0.3 is 9.84 Å². The zero-order valence-corrected chi connectivity index (χ0v) is 35.4. The van der Waals surface area contributed by atoms with Gasteiger partial charge in [-0.2, -0.15) is 18.2 Å². The number of hydrogen-bond acceptors (Lipinski definition) is 9. The molecule has 2 aliphatic carbocycles. The van der Waals surface area contributed by atoms with Gasteiger partial charge >= 0.3 is 6.18 Å². The number of hydrazine groups is 1. The molecular formula is C47H42Cl2F3N5O6. The number of rotatable bonds is 9. The van der Waals surface area contributed by atoms with Crippen LogP contribution in [0.5, 0.6) is 11.5 Å². The molecule has 3 aliphatic heterocycles. The summed E-state index contributed by atoms with van der Waals surface area (Å²) in [6.45, 7) is 2.17. The topological polar surface area (TPSA) is 132 Å². The first-order valence-corrected chi connectivity index (χ1v) is 21.5. The number of methoxy groups -OCH3 is 1. The van der Waals surface area contributed by atoms with Crippen molar-refractivity contribution in [3.05, 3.63) is 135 Å². The molecule has 1 aromatic heterocycles. The van der Waals surface area contributed by atoms with Crippen LogP contribution < -0.4 is 10.2 Å². The van der Waals surface area contributed by atoms with Crippen molar-refractivity contribution in [2.75, 3.05) is 25.6 Å². The molecule has 5 aliphatic rings. The molecule has 326 valence electrons. The summed E-state index contributed by atoms with van der Waals surface area (Å²) >= 11 is 12.7. The number of ether oxygens (including phenoxy) is 1. The minimum absolute atomic E-state index is 0.00625. The summed E-state index contributed by atoms with van der Waals surface area (Å²) in [5.74, 6) is -6.35. The largest absolute Gasteiger partial charge is 0.504 e. The molecule has 0 spiro atoms. The second-order valence-electron chi connectivity index (χ2n) is 16.8. The Labute approximate surface area is 371 Å². The molecule has 3 aromatic carbocycles. The lowest BCUT2D eigenvalue weighted by Crippen LogP contribution is -2.54. The van der Waals surface area contributed by atoms with Gasteiger partial charge in [-0.1, -0.05) is 95.5 Å². The number of pyridine rings is 1. The fraction of sp³-hybridized carbons (Fsp3) is 0.340. The summed E-state index contributed by atoms with van der Waals surface area (Å²) < 4.78 is 46.1. The molecule has 0 radical (unpaired) electrons. The van der Waals surface area contributed by atoms with Crippen LogP contribution in [0.3, 0.4) is 0 Å². The number of hydrogen-bond donors (Lipinski definition) is 2. The average Bonchev–Trinajstić information content (AvgIpc) is 3.65. The lowest BCUT2D eigenvalue weighted by molar-refractivity contribution is -0.144. The maximum absolute atomic E-state index is 15.4. The van der Waals surface area contributed by atoms with E-state index in [9.17, 15) is 32.7 Å². The summed E-state index contributed by atoms with van der Waals surface area (Å²) in [6.07, 6.45) is 2.76. The monoisotopic (exact) mass is 899 g/mol. The van der Waals surface area contributed by atoms with Crippen molar-refractivity contribution < 1.29 is 42.2 Å². The van der Waals surface area contributed by atoms with E-state index in [0.717, 1.165) is 11.6 Å². The number of fused-ring (bicyclic) bond motifs is 4. The highest BCUT2D eigenvalue weighted by atomic mass is 35.5. The number of phenols is 1. The standard InChI is InChI=1S/C47H42Cl2F3N5O6/c1-63-39-21-26(8-16-38(39)58)7-15-35-32-13-14-33-40(44(61)56(42(33)59)31-17-19-55(20-18-31)25-27-5-3-2-4-6-27)34(32)23-36-43(60)57(45(62)46(35,36)28-9-11-30(48)12-10-28)54-41-37(49)22-29(24-53-41)47(50,51)52/h2-13,15-16,21-22,24,31,33-36,40,58H,14,17-20,23,25H2,1H3,(H,53,54). The number of aromatic hydroxyl groups is 1. The Hall–Kier alpha value is -5.70. The van der Waals surface area contributed by atoms with Crippen LogP contribution >= 0.6 is 23.2 Å². The third kappa shape index (κ3) is 7.35. The second kappa shape index (κ2) is 16.5. The Kier molecular flexibility index (Phi) is 11.1. The first-order chi connectivity index (χ1) is 30.2. The number of amides is 4. The zero-order chi connectivity index (χ0) is 44.4. The number of nitrogens with one attached hydrogen (secondary N) is 1. The highest BCUT2D eigenvalue weighted by Crippen LogP contribution is 2.62. The van der Waals surface area contributed by atoms with Gasteiger partial charge in [-0.25, -0.2) is 4.98 Å². The molecule has 2 N–H and O–H groups in total. The molecule has 9 rings (SSSR count). The SMILES string of the molecule is COc1cc(C=CC2C3=CCC4C(=O)N(C5CCN(Cc6ccccc6)CC5)C(=O)C4C3CC3C(=O)N(Nc4ncc(C(F)(F)F)cc4Cl)C(=O)C23c2ccc(Cl)cc2)ccc1O. The summed E-state index contributed by atoms with van der Waals surface area (Å²) in [7, 11) is 1.41. The van der Waals surface area contributed by atoms with Crippen LogP contribution in [0.4, 0.5) is 19.0 Å². The van der Waals surface area contributed by atoms with Gasteiger partial charge in [0.25, 0.3) is 11.8 Å². The molecular weight excluding hydrogens is 858 g/mol. The molecule has 6 unspecified atom stereocenters. The third-order valence-electron chi connectivity index (χ3n) is 13.5. The molecule has 4 heterocycles. The number of carbonyl (C=O) groups excluding carboxylic acids is 4. The van der Waals surface area contributed by atoms with Crippen LogP contribution in [0.2, 0.25) is 10.0 Å². The predicted molar refractivity (Wildman–Crippen MR) is 228 cm³/mol. The van der Waals surface area contributed by atoms with Crippen molar-refractivity contribution in [3.8, 4) is 11.5 Å². The molecule has 11 nitrogen and oxygen atoms in total. The average molecular weight is 901 g/mol. The Morgan fingerprint density at radius 3 is 2.35 bits per heavy atom. The van der Waals surface area contributed by atoms with E-state index in [-0.39, 0.29) is 48.0 Å². The molecule has 4 aromatic rings. The number of piperidine rings is 1. The van der Waals surface area contributed by atoms with Crippen molar-refractivity contribution in [2.24, 2.45) is 29.6 Å². The number of halogens is 5. The van der Waals surface area contributed by atoms with Crippen molar-refractivity contribution in [2.45, 2.75) is 49.9 Å². The normalized spacial score (nSPS) is 26.5. The number of allylic oxidation sites excluding steroid dienone is 3. The third-order valence-corrected chi connectivity index (χ3v) is 14.0. The number of aromatic nitrogens is 1. The van der Waals surface area contributed by atoms with Crippen LogP contribution in [-0.2, 0) is 37.3 Å². The molecule has 4 amide bonds. The first kappa shape index (κ1) is 42.6. The molecule has 1 saturated carbocycles. The lowest BCUT2D eigenvalue weighted by atomic mass is 9.50. The van der Waals surface area contributed by atoms with Crippen LogP contribution in [0, 0.1) is 29.6 Å². The van der Waals surface area contributed by atoms with Crippen molar-refractivity contribution in [1.82, 2.24) is 19.8 Å². The van der Waals surface area contributed by atoms with Crippen molar-refractivity contribution in [1.29, 1.82) is 0 Å². The van der Waals surface area contributed by atoms with E-state index in [0.29, 0.717) is 59.9 Å². The number of carbonyl (C=O) groups is 4. The Balaban J connectivity index is 1.11. The van der Waals surface area contributed by atoms with E-state index in [2.05, 4.69) is 27.4 Å². The summed E-state index contributed by atoms with van der Waals surface area (Å²) in [5.41, 5.74) is 2.77. The number of imide groups is 2. The maximum atomic E-state index is 15.4. The lowest BCUT2D eigenvalue weighted by Gasteiger charge is -2.49. The van der Waals surface area contributed by atoms with Gasteiger partial charge in [-0.15, -0.1) is 0 Å². The number of anilines is 1. The molecule has 6 atom stereocenters. The molecule has 63 heavy (non-hydrogen) atoms. The van der Waals surface area contributed by atoms with Crippen molar-refractivity contribution in [3.63, 3.8) is 0 Å². The number of likely N-dealkylation sites (tertiary alicyclic amines) is 2. The number of alkyl halides is 3. The van der Waals surface area contributed by atoms with E-state index in [1.165, 1.54) is 23.6 Å². The number of phenolic OH excluding ortho intramolecular Hbond substituents is 1. The zero-order valence-electron chi connectivity index (χ0n) is 33.9. The van der Waals surface area contributed by atoms with E-state index >= 15 is 4.79 Å².